The van der Waals surface area contributed by atoms with E-state index < -0.39 is 5.97 Å². The number of carboxylic acids is 1. The van der Waals surface area contributed by atoms with Gasteiger partial charge in [-0.15, -0.1) is 5.10 Å². The van der Waals surface area contributed by atoms with Gasteiger partial charge in [0.05, 0.1) is 5.56 Å². The molecule has 0 bridgehead atoms. The molecule has 0 radical (unpaired) electrons. The van der Waals surface area contributed by atoms with Crippen LogP contribution in [0.3, 0.4) is 0 Å². The van der Waals surface area contributed by atoms with Gasteiger partial charge >= 0.3 is 5.97 Å². The van der Waals surface area contributed by atoms with Gasteiger partial charge in [0.15, 0.2) is 0 Å². The zero-order valence-electron chi connectivity index (χ0n) is 8.97. The Bertz CT molecular complexity index is 564. The van der Waals surface area contributed by atoms with Crippen molar-refractivity contribution in [1.82, 2.24) is 15.2 Å². The van der Waals surface area contributed by atoms with E-state index in [-0.39, 0.29) is 23.0 Å². The molecule has 88 valence electrons. The van der Waals surface area contributed by atoms with Crippen LogP contribution in [-0.2, 0) is 0 Å². The van der Waals surface area contributed by atoms with Crippen LogP contribution in [0.1, 0.15) is 16.1 Å². The number of rotatable bonds is 3. The van der Waals surface area contributed by atoms with Gasteiger partial charge in [0.1, 0.15) is 5.69 Å². The van der Waals surface area contributed by atoms with Gasteiger partial charge in [-0.1, -0.05) is 0 Å². The number of nitrogens with two attached hydrogens (primary N) is 1. The SMILES string of the molecule is Cc1cc(Oc2nccc(C(=O)O)c2N)n[nH]1. The first-order valence-electron chi connectivity index (χ1n) is 4.75. The highest BCUT2D eigenvalue weighted by atomic mass is 16.5. The number of aromatic nitrogens is 3. The van der Waals surface area contributed by atoms with Crippen molar-refractivity contribution in [2.24, 2.45) is 0 Å². The number of carbonyl (C=O) groups is 1. The number of nitrogen functional groups attached to an aromatic ring is 1. The van der Waals surface area contributed by atoms with Crippen molar-refractivity contribution in [3.63, 3.8) is 0 Å². The van der Waals surface area contributed by atoms with Crippen LogP contribution in [0.4, 0.5) is 5.69 Å². The number of aryl methyl sites for hydroxylation is 1. The number of anilines is 1. The van der Waals surface area contributed by atoms with Gasteiger partial charge in [-0.05, 0) is 13.0 Å². The Labute approximate surface area is 96.2 Å². The first-order chi connectivity index (χ1) is 8.08. The summed E-state index contributed by atoms with van der Waals surface area (Å²) in [7, 11) is 0. The highest BCUT2D eigenvalue weighted by molar-refractivity contribution is 5.94. The standard InChI is InChI=1S/C10H10N4O3/c1-5-4-7(14-13-5)17-9-8(11)6(10(15)16)2-3-12-9/h2-4H,11H2,1H3,(H,13,14)(H,15,16). The lowest BCUT2D eigenvalue weighted by atomic mass is 10.2. The Hall–Kier alpha value is -2.57. The van der Waals surface area contributed by atoms with Gasteiger partial charge in [0.2, 0.25) is 11.8 Å². The van der Waals surface area contributed by atoms with Crippen molar-refractivity contribution in [2.75, 3.05) is 5.73 Å². The molecule has 0 fully saturated rings. The first kappa shape index (κ1) is 10.9. The fourth-order valence-electron chi connectivity index (χ4n) is 1.27. The van der Waals surface area contributed by atoms with Crippen LogP contribution >= 0.6 is 0 Å². The van der Waals surface area contributed by atoms with Crippen molar-refractivity contribution in [2.45, 2.75) is 6.92 Å². The van der Waals surface area contributed by atoms with Crippen molar-refractivity contribution >= 4 is 11.7 Å². The van der Waals surface area contributed by atoms with Crippen LogP contribution in [0.15, 0.2) is 18.3 Å². The molecule has 0 saturated heterocycles. The lowest BCUT2D eigenvalue weighted by Gasteiger charge is -2.06. The number of H-pyrrole nitrogens is 1. The summed E-state index contributed by atoms with van der Waals surface area (Å²) in [6.07, 6.45) is 1.31. The molecule has 4 N–H and O–H groups in total. The number of hydrogen-bond acceptors (Lipinski definition) is 5. The van der Waals surface area contributed by atoms with E-state index in [0.29, 0.717) is 0 Å². The number of hydrogen-bond donors (Lipinski definition) is 3. The third-order valence-corrected chi connectivity index (χ3v) is 2.07. The summed E-state index contributed by atoms with van der Waals surface area (Å²) < 4.78 is 5.28. The zero-order valence-corrected chi connectivity index (χ0v) is 8.97. The van der Waals surface area contributed by atoms with Crippen molar-refractivity contribution in [3.05, 3.63) is 29.6 Å². The van der Waals surface area contributed by atoms with Gasteiger partial charge in [-0.2, -0.15) is 0 Å². The van der Waals surface area contributed by atoms with E-state index in [4.69, 9.17) is 15.6 Å². The number of nitrogens with zero attached hydrogens (tertiary/aromatic N) is 2. The van der Waals surface area contributed by atoms with Gasteiger partial charge in [0, 0.05) is 18.0 Å². The maximum Gasteiger partial charge on any atom is 0.338 e. The molecule has 17 heavy (non-hydrogen) atoms. The monoisotopic (exact) mass is 234 g/mol. The minimum Gasteiger partial charge on any atom is -0.478 e. The van der Waals surface area contributed by atoms with E-state index in [1.165, 1.54) is 12.3 Å². The van der Waals surface area contributed by atoms with Gasteiger partial charge < -0.3 is 15.6 Å². The van der Waals surface area contributed by atoms with Crippen molar-refractivity contribution in [3.8, 4) is 11.8 Å². The largest absolute Gasteiger partial charge is 0.478 e. The number of ether oxygens (including phenoxy) is 1. The lowest BCUT2D eigenvalue weighted by Crippen LogP contribution is -2.05. The summed E-state index contributed by atoms with van der Waals surface area (Å²) >= 11 is 0. The molecule has 2 heterocycles. The Kier molecular flexibility index (Phi) is 2.65. The summed E-state index contributed by atoms with van der Waals surface area (Å²) in [5.74, 6) is -0.825. The second-order valence-corrected chi connectivity index (χ2v) is 3.37. The second-order valence-electron chi connectivity index (χ2n) is 3.37. The fourth-order valence-corrected chi connectivity index (χ4v) is 1.27. The molecule has 0 spiro atoms. The van der Waals surface area contributed by atoms with E-state index in [1.807, 2.05) is 6.92 Å². The maximum atomic E-state index is 10.8. The van der Waals surface area contributed by atoms with E-state index in [0.717, 1.165) is 5.69 Å². The van der Waals surface area contributed by atoms with Crippen LogP contribution in [0, 0.1) is 6.92 Å². The van der Waals surface area contributed by atoms with E-state index in [2.05, 4.69) is 15.2 Å². The van der Waals surface area contributed by atoms with Gasteiger partial charge in [0.25, 0.3) is 0 Å². The van der Waals surface area contributed by atoms with E-state index in [1.54, 1.807) is 6.07 Å². The summed E-state index contributed by atoms with van der Waals surface area (Å²) in [5.41, 5.74) is 6.36. The highest BCUT2D eigenvalue weighted by Gasteiger charge is 2.14. The average molecular weight is 234 g/mol. The molecule has 2 aromatic rings. The highest BCUT2D eigenvalue weighted by Crippen LogP contribution is 2.26. The summed E-state index contributed by atoms with van der Waals surface area (Å²) in [6, 6.07) is 2.95. The topological polar surface area (TPSA) is 114 Å². The van der Waals surface area contributed by atoms with Crippen LogP contribution < -0.4 is 10.5 Å². The Morgan fingerprint density at radius 2 is 2.35 bits per heavy atom. The minimum absolute atomic E-state index is 0.0244. The predicted octanol–water partition coefficient (Wildman–Crippen LogP) is 1.19. The Morgan fingerprint density at radius 3 is 2.94 bits per heavy atom. The molecule has 0 aliphatic carbocycles. The third-order valence-electron chi connectivity index (χ3n) is 2.07. The molecule has 0 atom stereocenters. The van der Waals surface area contributed by atoms with Crippen LogP contribution in [-0.4, -0.2) is 26.3 Å². The molecular formula is C10H10N4O3. The summed E-state index contributed by atoms with van der Waals surface area (Å²) in [5, 5.41) is 15.4. The summed E-state index contributed by atoms with van der Waals surface area (Å²) in [6.45, 7) is 1.81. The number of nitrogens with one attached hydrogen (secondary N) is 1. The first-order valence-corrected chi connectivity index (χ1v) is 4.75. The van der Waals surface area contributed by atoms with Crippen molar-refractivity contribution < 1.29 is 14.6 Å². The smallest absolute Gasteiger partial charge is 0.338 e. The molecule has 0 amide bonds. The van der Waals surface area contributed by atoms with Gasteiger partial charge in [-0.25, -0.2) is 9.78 Å². The van der Waals surface area contributed by atoms with Crippen LogP contribution in [0.5, 0.6) is 11.8 Å². The van der Waals surface area contributed by atoms with Crippen molar-refractivity contribution in [1.29, 1.82) is 0 Å². The lowest BCUT2D eigenvalue weighted by molar-refractivity contribution is 0.0697. The average Bonchev–Trinajstić information content (AvgIpc) is 2.67. The number of aromatic amines is 1. The molecule has 0 saturated carbocycles. The number of aromatic carboxylic acids is 1. The fraction of sp³-hybridized carbons (Fsp3) is 0.100. The quantitative estimate of drug-likeness (QED) is 0.734. The summed E-state index contributed by atoms with van der Waals surface area (Å²) in [4.78, 5) is 14.7. The zero-order chi connectivity index (χ0) is 12.4. The Morgan fingerprint density at radius 1 is 1.59 bits per heavy atom. The second kappa shape index (κ2) is 4.12. The number of pyridine rings is 1. The molecule has 0 aliphatic rings. The molecule has 7 heteroatoms. The molecule has 2 aromatic heterocycles. The molecule has 0 aliphatic heterocycles. The Balaban J connectivity index is 2.33. The van der Waals surface area contributed by atoms with Gasteiger partial charge in [-0.3, -0.25) is 5.10 Å². The molecular weight excluding hydrogens is 224 g/mol. The third kappa shape index (κ3) is 2.17. The normalized spacial score (nSPS) is 10.2. The van der Waals surface area contributed by atoms with E-state index in [9.17, 15) is 4.79 Å². The predicted molar refractivity (Wildman–Crippen MR) is 59.0 cm³/mol. The van der Waals surface area contributed by atoms with Crippen LogP contribution in [0.25, 0.3) is 0 Å². The molecule has 2 rings (SSSR count). The molecule has 7 nitrogen and oxygen atoms in total. The number of carboxylic acid groups (broad SMARTS) is 1. The minimum atomic E-state index is -1.13. The van der Waals surface area contributed by atoms with Crippen LogP contribution in [0.2, 0.25) is 0 Å². The molecule has 0 aromatic carbocycles. The van der Waals surface area contributed by atoms with E-state index >= 15 is 0 Å². The maximum absolute atomic E-state index is 10.8. The molecule has 0 unspecified atom stereocenters.